The molecule has 0 saturated carbocycles. The molecule has 0 aromatic heterocycles. The first-order chi connectivity index (χ1) is 9.37. The Morgan fingerprint density at radius 2 is 1.90 bits per heavy atom. The Balaban J connectivity index is 0. The SMILES string of the molecule is CCCCCC(C)NC(=NC)NCC(C)(C)C(=O)NC.I. The van der Waals surface area contributed by atoms with Crippen molar-refractivity contribution in [2.24, 2.45) is 10.4 Å². The lowest BCUT2D eigenvalue weighted by Crippen LogP contribution is -2.49. The molecule has 0 aliphatic heterocycles. The Bertz CT molecular complexity index is 319. The minimum absolute atomic E-state index is 0. The molecule has 0 aromatic carbocycles. The van der Waals surface area contributed by atoms with E-state index in [9.17, 15) is 4.79 Å². The first-order valence-corrected chi connectivity index (χ1v) is 7.56. The van der Waals surface area contributed by atoms with E-state index >= 15 is 0 Å². The zero-order chi connectivity index (χ0) is 15.6. The van der Waals surface area contributed by atoms with E-state index in [0.717, 1.165) is 12.4 Å². The number of halogens is 1. The molecule has 0 radical (unpaired) electrons. The molecule has 0 bridgehead atoms. The average molecular weight is 412 g/mol. The second kappa shape index (κ2) is 12.1. The standard InChI is InChI=1S/C15H32N4O.HI/c1-7-8-9-10-12(2)19-14(17-6)18-11-15(3,4)13(20)16-5;/h12H,7-11H2,1-6H3,(H,16,20)(H2,17,18,19);1H. The Morgan fingerprint density at radius 1 is 1.29 bits per heavy atom. The number of amides is 1. The van der Waals surface area contributed by atoms with Crippen LogP contribution in [0.15, 0.2) is 4.99 Å². The Labute approximate surface area is 147 Å². The van der Waals surface area contributed by atoms with Gasteiger partial charge in [-0.15, -0.1) is 24.0 Å². The van der Waals surface area contributed by atoms with Gasteiger partial charge in [-0.1, -0.05) is 26.2 Å². The van der Waals surface area contributed by atoms with Gasteiger partial charge in [-0.3, -0.25) is 9.79 Å². The van der Waals surface area contributed by atoms with Crippen LogP contribution < -0.4 is 16.0 Å². The summed E-state index contributed by atoms with van der Waals surface area (Å²) in [6.07, 6.45) is 4.86. The van der Waals surface area contributed by atoms with Gasteiger partial charge < -0.3 is 16.0 Å². The summed E-state index contributed by atoms with van der Waals surface area (Å²) in [5.41, 5.74) is -0.460. The molecule has 0 aliphatic rings. The summed E-state index contributed by atoms with van der Waals surface area (Å²) in [7, 11) is 3.41. The van der Waals surface area contributed by atoms with Gasteiger partial charge in [0.15, 0.2) is 5.96 Å². The lowest BCUT2D eigenvalue weighted by molar-refractivity contribution is -0.128. The molecule has 6 heteroatoms. The van der Waals surface area contributed by atoms with E-state index in [2.05, 4.69) is 34.8 Å². The van der Waals surface area contributed by atoms with Crippen LogP contribution in [0.4, 0.5) is 0 Å². The molecular formula is C15H33IN4O. The van der Waals surface area contributed by atoms with Crippen molar-refractivity contribution in [3.63, 3.8) is 0 Å². The zero-order valence-corrected chi connectivity index (χ0v) is 16.7. The Kier molecular flexibility index (Phi) is 13.1. The molecule has 21 heavy (non-hydrogen) atoms. The van der Waals surface area contributed by atoms with Crippen molar-refractivity contribution in [2.75, 3.05) is 20.6 Å². The summed E-state index contributed by atoms with van der Waals surface area (Å²) in [5, 5.41) is 9.27. The quantitative estimate of drug-likeness (QED) is 0.249. The second-order valence-corrected chi connectivity index (χ2v) is 5.93. The number of rotatable bonds is 8. The van der Waals surface area contributed by atoms with Crippen LogP contribution in [-0.4, -0.2) is 38.5 Å². The van der Waals surface area contributed by atoms with Crippen LogP contribution in [0.1, 0.15) is 53.4 Å². The summed E-state index contributed by atoms with van der Waals surface area (Å²) < 4.78 is 0. The van der Waals surface area contributed by atoms with Gasteiger partial charge in [-0.2, -0.15) is 0 Å². The van der Waals surface area contributed by atoms with Crippen LogP contribution >= 0.6 is 24.0 Å². The van der Waals surface area contributed by atoms with E-state index in [-0.39, 0.29) is 29.9 Å². The van der Waals surface area contributed by atoms with Crippen LogP contribution in [0, 0.1) is 5.41 Å². The third-order valence-corrected chi connectivity index (χ3v) is 3.39. The Morgan fingerprint density at radius 3 is 2.38 bits per heavy atom. The lowest BCUT2D eigenvalue weighted by atomic mass is 9.92. The van der Waals surface area contributed by atoms with E-state index in [1.54, 1.807) is 14.1 Å². The van der Waals surface area contributed by atoms with Crippen LogP contribution in [0.25, 0.3) is 0 Å². The predicted octanol–water partition coefficient (Wildman–Crippen LogP) is 2.51. The first kappa shape index (κ1) is 22.7. The number of guanidine groups is 1. The number of hydrogen-bond acceptors (Lipinski definition) is 2. The molecule has 1 unspecified atom stereocenters. The number of nitrogens with one attached hydrogen (secondary N) is 3. The molecule has 0 aliphatic carbocycles. The highest BCUT2D eigenvalue weighted by Gasteiger charge is 2.26. The molecule has 0 fully saturated rings. The summed E-state index contributed by atoms with van der Waals surface area (Å²) in [6, 6.07) is 0.385. The minimum Gasteiger partial charge on any atom is -0.359 e. The highest BCUT2D eigenvalue weighted by molar-refractivity contribution is 14.0. The van der Waals surface area contributed by atoms with Crippen molar-refractivity contribution in [1.82, 2.24) is 16.0 Å². The van der Waals surface area contributed by atoms with Gasteiger partial charge in [-0.05, 0) is 27.2 Å². The summed E-state index contributed by atoms with van der Waals surface area (Å²) in [5.74, 6) is 0.780. The van der Waals surface area contributed by atoms with Gasteiger partial charge >= 0.3 is 0 Å². The summed E-state index contributed by atoms with van der Waals surface area (Å²) in [4.78, 5) is 15.9. The third-order valence-electron chi connectivity index (χ3n) is 3.39. The van der Waals surface area contributed by atoms with E-state index in [0.29, 0.717) is 12.6 Å². The fourth-order valence-electron chi connectivity index (χ4n) is 1.92. The van der Waals surface area contributed by atoms with Gasteiger partial charge in [0.25, 0.3) is 0 Å². The smallest absolute Gasteiger partial charge is 0.227 e. The molecule has 1 atom stereocenters. The zero-order valence-electron chi connectivity index (χ0n) is 14.4. The highest BCUT2D eigenvalue weighted by atomic mass is 127. The third kappa shape index (κ3) is 9.92. The maximum absolute atomic E-state index is 11.7. The number of nitrogens with zero attached hydrogens (tertiary/aromatic N) is 1. The van der Waals surface area contributed by atoms with Crippen molar-refractivity contribution < 1.29 is 4.79 Å². The molecule has 0 heterocycles. The predicted molar refractivity (Wildman–Crippen MR) is 101 cm³/mol. The summed E-state index contributed by atoms with van der Waals surface area (Å²) >= 11 is 0. The van der Waals surface area contributed by atoms with Gasteiger partial charge in [0.05, 0.1) is 5.41 Å². The molecule has 0 saturated heterocycles. The van der Waals surface area contributed by atoms with Crippen LogP contribution in [0.3, 0.4) is 0 Å². The molecule has 0 rings (SSSR count). The van der Waals surface area contributed by atoms with Gasteiger partial charge in [0.2, 0.25) is 5.91 Å². The molecular weight excluding hydrogens is 379 g/mol. The van der Waals surface area contributed by atoms with Gasteiger partial charge in [0.1, 0.15) is 0 Å². The van der Waals surface area contributed by atoms with Crippen molar-refractivity contribution in [3.8, 4) is 0 Å². The number of hydrogen-bond donors (Lipinski definition) is 3. The fourth-order valence-corrected chi connectivity index (χ4v) is 1.92. The van der Waals surface area contributed by atoms with Crippen molar-refractivity contribution in [2.45, 2.75) is 59.4 Å². The molecule has 3 N–H and O–H groups in total. The fraction of sp³-hybridized carbons (Fsp3) is 0.867. The Hall–Kier alpha value is -0.530. The van der Waals surface area contributed by atoms with Crippen molar-refractivity contribution in [3.05, 3.63) is 0 Å². The van der Waals surface area contributed by atoms with Gasteiger partial charge in [0, 0.05) is 26.7 Å². The van der Waals surface area contributed by atoms with Crippen LogP contribution in [0.2, 0.25) is 0 Å². The molecule has 0 aromatic rings. The first-order valence-electron chi connectivity index (χ1n) is 7.56. The highest BCUT2D eigenvalue weighted by Crippen LogP contribution is 2.13. The average Bonchev–Trinajstić information content (AvgIpc) is 2.42. The monoisotopic (exact) mass is 412 g/mol. The van der Waals surface area contributed by atoms with E-state index in [1.807, 2.05) is 13.8 Å². The van der Waals surface area contributed by atoms with Gasteiger partial charge in [-0.25, -0.2) is 0 Å². The maximum Gasteiger partial charge on any atom is 0.227 e. The lowest BCUT2D eigenvalue weighted by Gasteiger charge is -2.25. The van der Waals surface area contributed by atoms with E-state index in [1.165, 1.54) is 19.3 Å². The largest absolute Gasteiger partial charge is 0.359 e. The number of carbonyl (C=O) groups excluding carboxylic acids is 1. The maximum atomic E-state index is 11.7. The number of aliphatic imine (C=N–C) groups is 1. The molecule has 5 nitrogen and oxygen atoms in total. The van der Waals surface area contributed by atoms with Crippen LogP contribution in [-0.2, 0) is 4.79 Å². The van der Waals surface area contributed by atoms with E-state index < -0.39 is 5.41 Å². The molecule has 0 spiro atoms. The minimum atomic E-state index is -0.460. The molecule has 1 amide bonds. The van der Waals surface area contributed by atoms with Crippen molar-refractivity contribution in [1.29, 1.82) is 0 Å². The second-order valence-electron chi connectivity index (χ2n) is 5.93. The number of unbranched alkanes of at least 4 members (excludes halogenated alkanes) is 2. The molecule has 126 valence electrons. The summed E-state index contributed by atoms with van der Waals surface area (Å²) in [6.45, 7) is 8.74. The van der Waals surface area contributed by atoms with Crippen LogP contribution in [0.5, 0.6) is 0 Å². The topological polar surface area (TPSA) is 65.5 Å². The normalized spacial score (nSPS) is 13.1. The van der Waals surface area contributed by atoms with Crippen molar-refractivity contribution >= 4 is 35.8 Å². The van der Waals surface area contributed by atoms with E-state index in [4.69, 9.17) is 0 Å². The number of carbonyl (C=O) groups is 1.